The SMILES string of the molecule is CC/C=C\C/C=C\C/C=C\C/C=C\C/C=C\C/C=C\CCCCCCC(=O)OC(COCCCCCCCCCCCC/C=C\CCCCCCCC)COC1OC(COC2OC(CO)C(O)C(O)C2O)C(O)C(O)C1O. The molecule has 0 radical (unpaired) electrons. The smallest absolute Gasteiger partial charge is 0.306 e. The van der Waals surface area contributed by atoms with E-state index < -0.39 is 86.7 Å². The van der Waals surface area contributed by atoms with Crippen molar-refractivity contribution in [2.24, 2.45) is 0 Å². The van der Waals surface area contributed by atoms with Gasteiger partial charge < -0.3 is 64.2 Å². The maximum Gasteiger partial charge on any atom is 0.306 e. The molecular formula is C63H108O14. The zero-order valence-corrected chi connectivity index (χ0v) is 47.7. The molecule has 2 heterocycles. The first-order valence-corrected chi connectivity index (χ1v) is 30.2. The van der Waals surface area contributed by atoms with Gasteiger partial charge in [0, 0.05) is 13.0 Å². The van der Waals surface area contributed by atoms with Gasteiger partial charge in [0.2, 0.25) is 0 Å². The van der Waals surface area contributed by atoms with Crippen molar-refractivity contribution in [2.75, 3.05) is 33.0 Å². The lowest BCUT2D eigenvalue weighted by atomic mass is 9.98. The maximum absolute atomic E-state index is 13.1. The summed E-state index contributed by atoms with van der Waals surface area (Å²) < 4.78 is 34.4. The average Bonchev–Trinajstić information content (AvgIpc) is 3.43. The third-order valence-electron chi connectivity index (χ3n) is 13.9. The first-order valence-electron chi connectivity index (χ1n) is 30.2. The van der Waals surface area contributed by atoms with E-state index in [0.717, 1.165) is 83.5 Å². The highest BCUT2D eigenvalue weighted by Gasteiger charge is 2.47. The van der Waals surface area contributed by atoms with Crippen molar-refractivity contribution in [3.8, 4) is 0 Å². The van der Waals surface area contributed by atoms with Crippen molar-refractivity contribution >= 4 is 5.97 Å². The minimum absolute atomic E-state index is 0.0459. The molecule has 0 saturated carbocycles. The molecule has 2 fully saturated rings. The van der Waals surface area contributed by atoms with E-state index in [9.17, 15) is 40.5 Å². The predicted molar refractivity (Wildman–Crippen MR) is 307 cm³/mol. The molecule has 0 bridgehead atoms. The summed E-state index contributed by atoms with van der Waals surface area (Å²) in [6.45, 7) is 3.54. The molecule has 11 unspecified atom stereocenters. The molecule has 0 aromatic heterocycles. The fourth-order valence-electron chi connectivity index (χ4n) is 9.05. The number of carbonyl (C=O) groups excluding carboxylic acids is 1. The van der Waals surface area contributed by atoms with Crippen LogP contribution in [0.25, 0.3) is 0 Å². The Morgan fingerprint density at radius 3 is 1.34 bits per heavy atom. The number of ether oxygens (including phenoxy) is 6. The van der Waals surface area contributed by atoms with Crippen LogP contribution in [0.3, 0.4) is 0 Å². The second-order valence-electron chi connectivity index (χ2n) is 20.8. The molecule has 2 rings (SSSR count). The average molecular weight is 1090 g/mol. The Bertz CT molecular complexity index is 1590. The van der Waals surface area contributed by atoms with Crippen LogP contribution in [0.4, 0.5) is 0 Å². The third-order valence-corrected chi connectivity index (χ3v) is 13.9. The van der Waals surface area contributed by atoms with Crippen molar-refractivity contribution in [1.82, 2.24) is 0 Å². The standard InChI is InChI=1S/C63H108O14/c1-3-5-7-9-11-13-15-17-19-21-23-25-26-27-28-30-32-34-36-38-40-42-44-46-55(65)75-52(49-72-47-45-43-41-39-37-35-33-31-29-24-22-20-18-16-14-12-10-8-6-4-2)50-73-62-61(71)59(69)57(67)54(77-62)51-74-63-60(70)58(68)56(66)53(48-64)76-63/h5,7,11,13,17-20,23,25,27-28,32,34,52-54,56-64,66-71H,3-4,6,8-10,12,14-16,21-22,24,26,29-31,33,35-51H2,1-2H3/b7-5-,13-11-,19-17-,20-18-,25-23-,28-27-,34-32-. The summed E-state index contributed by atoms with van der Waals surface area (Å²) in [5.74, 6) is -0.402. The van der Waals surface area contributed by atoms with Crippen molar-refractivity contribution in [3.63, 3.8) is 0 Å². The Morgan fingerprint density at radius 1 is 0.442 bits per heavy atom. The van der Waals surface area contributed by atoms with Gasteiger partial charge in [-0.1, -0.05) is 195 Å². The second-order valence-corrected chi connectivity index (χ2v) is 20.8. The van der Waals surface area contributed by atoms with Crippen LogP contribution < -0.4 is 0 Å². The van der Waals surface area contributed by atoms with Gasteiger partial charge in [-0.3, -0.25) is 4.79 Å². The molecule has 0 aromatic carbocycles. The van der Waals surface area contributed by atoms with Gasteiger partial charge in [-0.2, -0.15) is 0 Å². The van der Waals surface area contributed by atoms with Gasteiger partial charge in [-0.15, -0.1) is 0 Å². The zero-order chi connectivity index (χ0) is 55.8. The fourth-order valence-corrected chi connectivity index (χ4v) is 9.05. The number of allylic oxidation sites excluding steroid dienone is 14. The predicted octanol–water partition coefficient (Wildman–Crippen LogP) is 11.2. The quantitative estimate of drug-likeness (QED) is 0.0172. The first-order chi connectivity index (χ1) is 37.6. The molecule has 14 heteroatoms. The molecule has 2 aliphatic heterocycles. The van der Waals surface area contributed by atoms with E-state index in [2.05, 4.69) is 98.9 Å². The van der Waals surface area contributed by atoms with Crippen molar-refractivity contribution in [3.05, 3.63) is 85.1 Å². The van der Waals surface area contributed by atoms with Crippen molar-refractivity contribution < 1.29 is 69.0 Å². The van der Waals surface area contributed by atoms with Crippen LogP contribution in [-0.2, 0) is 33.2 Å². The lowest BCUT2D eigenvalue weighted by molar-refractivity contribution is -0.332. The van der Waals surface area contributed by atoms with Crippen LogP contribution in [-0.4, -0.2) is 142 Å². The summed E-state index contributed by atoms with van der Waals surface area (Å²) in [5, 5.41) is 72.4. The lowest BCUT2D eigenvalue weighted by Gasteiger charge is -2.42. The number of esters is 1. The molecule has 2 aliphatic rings. The van der Waals surface area contributed by atoms with E-state index in [4.69, 9.17) is 28.4 Å². The Hall–Kier alpha value is -2.83. The number of unbranched alkanes of at least 4 members (excludes halogenated alkanes) is 20. The van der Waals surface area contributed by atoms with Gasteiger partial charge in [-0.05, 0) is 89.9 Å². The van der Waals surface area contributed by atoms with Crippen LogP contribution in [0.2, 0.25) is 0 Å². The Morgan fingerprint density at radius 2 is 0.844 bits per heavy atom. The highest BCUT2D eigenvalue weighted by molar-refractivity contribution is 5.69. The summed E-state index contributed by atoms with van der Waals surface area (Å²) in [6, 6.07) is 0. The van der Waals surface area contributed by atoms with Crippen molar-refractivity contribution in [1.29, 1.82) is 0 Å². The molecule has 0 aromatic rings. The van der Waals surface area contributed by atoms with Gasteiger partial charge in [-0.25, -0.2) is 0 Å². The summed E-state index contributed by atoms with van der Waals surface area (Å²) in [6.07, 6.45) is 47.8. The lowest BCUT2D eigenvalue weighted by Crippen LogP contribution is -2.61. The van der Waals surface area contributed by atoms with Crippen LogP contribution in [0.5, 0.6) is 0 Å². The van der Waals surface area contributed by atoms with Gasteiger partial charge in [0.25, 0.3) is 0 Å². The number of rotatable bonds is 48. The van der Waals surface area contributed by atoms with Crippen molar-refractivity contribution in [2.45, 2.75) is 274 Å². The molecule has 77 heavy (non-hydrogen) atoms. The van der Waals surface area contributed by atoms with E-state index in [1.807, 2.05) is 0 Å². The molecule has 14 nitrogen and oxygen atoms in total. The van der Waals surface area contributed by atoms with Gasteiger partial charge in [0.1, 0.15) is 54.9 Å². The van der Waals surface area contributed by atoms with Gasteiger partial charge >= 0.3 is 5.97 Å². The molecule has 0 aliphatic carbocycles. The number of aliphatic hydroxyl groups is 7. The van der Waals surface area contributed by atoms with Crippen LogP contribution in [0.15, 0.2) is 85.1 Å². The number of aliphatic hydroxyl groups excluding tert-OH is 7. The van der Waals surface area contributed by atoms with Crippen LogP contribution in [0, 0.1) is 0 Å². The first kappa shape index (κ1) is 70.3. The highest BCUT2D eigenvalue weighted by atomic mass is 16.7. The normalized spacial score (nSPS) is 24.9. The Balaban J connectivity index is 1.73. The fraction of sp³-hybridized carbons (Fsp3) is 0.762. The Labute approximate surface area is 465 Å². The van der Waals surface area contributed by atoms with E-state index in [0.29, 0.717) is 13.0 Å². The molecule has 2 saturated heterocycles. The second kappa shape index (κ2) is 49.0. The largest absolute Gasteiger partial charge is 0.457 e. The molecule has 11 atom stereocenters. The van der Waals surface area contributed by atoms with E-state index >= 15 is 0 Å². The monoisotopic (exact) mass is 1090 g/mol. The molecule has 7 N–H and O–H groups in total. The van der Waals surface area contributed by atoms with Gasteiger partial charge in [0.05, 0.1) is 26.4 Å². The minimum Gasteiger partial charge on any atom is -0.457 e. The maximum atomic E-state index is 13.1. The highest BCUT2D eigenvalue weighted by Crippen LogP contribution is 2.26. The van der Waals surface area contributed by atoms with Crippen LogP contribution >= 0.6 is 0 Å². The minimum atomic E-state index is -1.72. The van der Waals surface area contributed by atoms with Crippen LogP contribution in [0.1, 0.15) is 206 Å². The summed E-state index contributed by atoms with van der Waals surface area (Å²) in [5.41, 5.74) is 0. The van der Waals surface area contributed by atoms with E-state index in [1.165, 1.54) is 96.3 Å². The molecular weight excluding hydrogens is 981 g/mol. The Kier molecular flexibility index (Phi) is 44.7. The summed E-state index contributed by atoms with van der Waals surface area (Å²) in [7, 11) is 0. The topological polar surface area (TPSA) is 214 Å². The van der Waals surface area contributed by atoms with E-state index in [-0.39, 0.29) is 19.6 Å². The summed E-state index contributed by atoms with van der Waals surface area (Å²) >= 11 is 0. The van der Waals surface area contributed by atoms with E-state index in [1.54, 1.807) is 0 Å². The van der Waals surface area contributed by atoms with Gasteiger partial charge in [0.15, 0.2) is 12.6 Å². The molecule has 0 amide bonds. The molecule has 0 spiro atoms. The number of carbonyl (C=O) groups is 1. The number of hydrogen-bond acceptors (Lipinski definition) is 14. The molecule has 444 valence electrons. The summed E-state index contributed by atoms with van der Waals surface area (Å²) in [4.78, 5) is 13.1. The third kappa shape index (κ3) is 35.5. The number of hydrogen-bond donors (Lipinski definition) is 7. The zero-order valence-electron chi connectivity index (χ0n) is 47.7.